The number of aromatic nitrogens is 5. The summed E-state index contributed by atoms with van der Waals surface area (Å²) >= 11 is 0. The van der Waals surface area contributed by atoms with Crippen molar-refractivity contribution < 1.29 is 0 Å². The van der Waals surface area contributed by atoms with Crippen LogP contribution in [-0.2, 0) is 20.1 Å². The van der Waals surface area contributed by atoms with Crippen LogP contribution < -0.4 is 21.9 Å². The number of anilines is 1. The van der Waals surface area contributed by atoms with Crippen LogP contribution in [0.15, 0.2) is 39.0 Å². The number of fused-ring (bicyclic) bond motifs is 1. The Balaban J connectivity index is 1.72. The van der Waals surface area contributed by atoms with Crippen molar-refractivity contribution in [2.75, 3.05) is 18.0 Å². The van der Waals surface area contributed by atoms with Crippen molar-refractivity contribution in [3.63, 3.8) is 0 Å². The second-order valence-corrected chi connectivity index (χ2v) is 8.50. The van der Waals surface area contributed by atoms with Crippen molar-refractivity contribution in [2.45, 2.75) is 45.3 Å². The van der Waals surface area contributed by atoms with E-state index in [2.05, 4.69) is 33.4 Å². The minimum Gasteiger partial charge on any atom is -0.341 e. The number of nitrogens with two attached hydrogens (primary N) is 1. The van der Waals surface area contributed by atoms with E-state index >= 15 is 0 Å². The molecule has 3 aromatic rings. The lowest BCUT2D eigenvalue weighted by molar-refractivity contribution is 0.496. The van der Waals surface area contributed by atoms with Gasteiger partial charge in [-0.2, -0.15) is 4.98 Å². The molecule has 35 heavy (non-hydrogen) atoms. The van der Waals surface area contributed by atoms with Gasteiger partial charge in [-0.15, -0.1) is 5.92 Å². The summed E-state index contributed by atoms with van der Waals surface area (Å²) in [5, 5.41) is 0. The van der Waals surface area contributed by atoms with Gasteiger partial charge < -0.3 is 10.6 Å². The summed E-state index contributed by atoms with van der Waals surface area (Å²) in [5.74, 6) is 6.56. The first-order chi connectivity index (χ1) is 17.0. The molecule has 10 nitrogen and oxygen atoms in total. The molecule has 3 aromatic heterocycles. The molecule has 0 amide bonds. The van der Waals surface area contributed by atoms with Crippen molar-refractivity contribution in [3.8, 4) is 11.8 Å². The number of hydrogen-bond acceptors (Lipinski definition) is 7. The van der Waals surface area contributed by atoms with Crippen molar-refractivity contribution in [1.29, 1.82) is 0 Å². The molecule has 1 fully saturated rings. The minimum atomic E-state index is -0.407. The monoisotopic (exact) mass is 474 g/mol. The maximum atomic E-state index is 13.5. The molecule has 1 saturated heterocycles. The quantitative estimate of drug-likeness (QED) is 0.411. The number of pyridine rings is 1. The molecule has 1 unspecified atom stereocenters. The largest absolute Gasteiger partial charge is 0.341 e. The maximum absolute atomic E-state index is 13.5. The molecule has 10 heteroatoms. The van der Waals surface area contributed by atoms with E-state index in [1.165, 1.54) is 9.13 Å². The summed E-state index contributed by atoms with van der Waals surface area (Å²) < 4.78 is 4.50. The molecule has 0 radical (unpaired) electrons. The average molecular weight is 475 g/mol. The Morgan fingerprint density at radius 2 is 2.17 bits per heavy atom. The topological polar surface area (TPSA) is 116 Å². The smallest absolute Gasteiger partial charge is 0.332 e. The number of imidazole rings is 1. The lowest BCUT2D eigenvalue weighted by Crippen LogP contribution is -2.44. The fourth-order valence-corrected chi connectivity index (χ4v) is 4.37. The zero-order valence-corrected chi connectivity index (χ0v) is 20.1. The Bertz CT molecular complexity index is 1450. The number of aryl methyl sites for hydroxylation is 1. The van der Waals surface area contributed by atoms with Crippen LogP contribution in [0.25, 0.3) is 17.2 Å². The lowest BCUT2D eigenvalue weighted by atomic mass is 10.1. The van der Waals surface area contributed by atoms with Gasteiger partial charge in [0, 0.05) is 38.9 Å². The van der Waals surface area contributed by atoms with Gasteiger partial charge in [-0.1, -0.05) is 12.0 Å². The third kappa shape index (κ3) is 4.81. The van der Waals surface area contributed by atoms with Crippen LogP contribution in [-0.4, -0.2) is 49.5 Å². The number of allylic oxidation sites excluding steroid dienone is 1. The molecule has 4 rings (SSSR count). The normalized spacial score (nSPS) is 16.0. The van der Waals surface area contributed by atoms with Crippen LogP contribution in [0, 0.1) is 11.8 Å². The van der Waals surface area contributed by atoms with Crippen LogP contribution in [0.1, 0.15) is 31.9 Å². The lowest BCUT2D eigenvalue weighted by Gasteiger charge is -2.31. The highest BCUT2D eigenvalue weighted by Gasteiger charge is 2.25. The third-order valence-electron chi connectivity index (χ3n) is 6.15. The van der Waals surface area contributed by atoms with Crippen LogP contribution in [0.2, 0.25) is 0 Å². The molecule has 2 N–H and O–H groups in total. The van der Waals surface area contributed by atoms with E-state index in [-0.39, 0.29) is 18.1 Å². The van der Waals surface area contributed by atoms with Crippen molar-refractivity contribution >= 4 is 35.6 Å². The molecule has 182 valence electrons. The molecule has 1 aliphatic rings. The van der Waals surface area contributed by atoms with Crippen LogP contribution >= 0.6 is 0 Å². The number of piperidine rings is 1. The zero-order chi connectivity index (χ0) is 24.9. The van der Waals surface area contributed by atoms with E-state index in [4.69, 9.17) is 10.7 Å². The molecule has 0 bridgehead atoms. The van der Waals surface area contributed by atoms with E-state index in [9.17, 15) is 9.59 Å². The van der Waals surface area contributed by atoms with E-state index in [1.54, 1.807) is 26.2 Å². The minimum absolute atomic E-state index is 0.0393. The zero-order valence-electron chi connectivity index (χ0n) is 20.1. The van der Waals surface area contributed by atoms with E-state index in [1.807, 2.05) is 22.8 Å². The summed E-state index contributed by atoms with van der Waals surface area (Å²) in [6, 6.07) is 3.65. The predicted molar refractivity (Wildman–Crippen MR) is 139 cm³/mol. The van der Waals surface area contributed by atoms with E-state index < -0.39 is 5.69 Å². The van der Waals surface area contributed by atoms with Gasteiger partial charge in [-0.3, -0.25) is 28.5 Å². The Kier molecular flexibility index (Phi) is 7.27. The van der Waals surface area contributed by atoms with Gasteiger partial charge in [0.2, 0.25) is 5.95 Å². The van der Waals surface area contributed by atoms with Gasteiger partial charge in [0.15, 0.2) is 11.2 Å². The summed E-state index contributed by atoms with van der Waals surface area (Å²) in [6.45, 7) is 7.27. The van der Waals surface area contributed by atoms with E-state index in [0.29, 0.717) is 48.0 Å². The van der Waals surface area contributed by atoms with Gasteiger partial charge in [0.25, 0.3) is 5.56 Å². The maximum Gasteiger partial charge on any atom is 0.332 e. The first kappa shape index (κ1) is 24.2. The molecule has 0 aromatic carbocycles. The van der Waals surface area contributed by atoms with Crippen molar-refractivity contribution in [3.05, 3.63) is 50.9 Å². The number of nitrogens with zero attached hydrogens (tertiary/aromatic N) is 7. The molecule has 0 aliphatic carbocycles. The molecule has 0 spiro atoms. The highest BCUT2D eigenvalue weighted by atomic mass is 16.2. The van der Waals surface area contributed by atoms with Gasteiger partial charge >= 0.3 is 5.69 Å². The fourth-order valence-electron chi connectivity index (χ4n) is 4.37. The molecular formula is C25H30N8O2. The van der Waals surface area contributed by atoms with Gasteiger partial charge in [0.05, 0.1) is 17.9 Å². The first-order valence-electron chi connectivity index (χ1n) is 11.6. The van der Waals surface area contributed by atoms with Gasteiger partial charge in [-0.05, 0) is 51.1 Å². The number of rotatable bonds is 7. The molecule has 1 atom stereocenters. The number of aliphatic imine (C=N–C) groups is 1. The summed E-state index contributed by atoms with van der Waals surface area (Å²) in [5.41, 5.74) is 7.49. The molecule has 0 saturated carbocycles. The second-order valence-electron chi connectivity index (χ2n) is 8.50. The Hall–Kier alpha value is -3.97. The highest BCUT2D eigenvalue weighted by molar-refractivity contribution is 5.75. The van der Waals surface area contributed by atoms with Crippen molar-refractivity contribution in [1.82, 2.24) is 23.7 Å². The Morgan fingerprint density at radius 1 is 1.34 bits per heavy atom. The average Bonchev–Trinajstić information content (AvgIpc) is 3.25. The Morgan fingerprint density at radius 3 is 2.91 bits per heavy atom. The SMILES string of the molecule is C=Nc1cccnc1/C=C\CCn1c(=O)c2c(nc(N3CCCC(N)C3)n2CC#CC)n(C)c1=O. The van der Waals surface area contributed by atoms with E-state index in [0.717, 1.165) is 19.4 Å². The highest BCUT2D eigenvalue weighted by Crippen LogP contribution is 2.23. The summed E-state index contributed by atoms with van der Waals surface area (Å²) in [6.07, 6.45) is 7.72. The van der Waals surface area contributed by atoms with Crippen LogP contribution in [0.4, 0.5) is 11.6 Å². The predicted octanol–water partition coefficient (Wildman–Crippen LogP) is 1.68. The Labute approximate surface area is 203 Å². The fraction of sp³-hybridized carbons (Fsp3) is 0.400. The molecular weight excluding hydrogens is 444 g/mol. The van der Waals surface area contributed by atoms with Crippen LogP contribution in [0.3, 0.4) is 0 Å². The molecule has 1 aliphatic heterocycles. The van der Waals surface area contributed by atoms with Crippen LogP contribution in [0.5, 0.6) is 0 Å². The summed E-state index contributed by atoms with van der Waals surface area (Å²) in [4.78, 5) is 41.7. The first-order valence-corrected chi connectivity index (χ1v) is 11.6. The van der Waals surface area contributed by atoms with Gasteiger partial charge in [0.1, 0.15) is 0 Å². The van der Waals surface area contributed by atoms with Gasteiger partial charge in [-0.25, -0.2) is 4.79 Å². The standard InChI is InChI=1S/C25H30N8O2/c1-4-5-15-32-21-22(29-24(32)31-14-9-10-18(26)17-31)30(3)25(35)33(23(21)34)16-7-6-11-20-19(27-2)12-8-13-28-20/h6,8,11-13,18H,2,7,9-10,14-17,26H2,1,3H3/b11-6-. The summed E-state index contributed by atoms with van der Waals surface area (Å²) in [7, 11) is 1.64. The number of hydrogen-bond donors (Lipinski definition) is 1. The third-order valence-corrected chi connectivity index (χ3v) is 6.15. The molecule has 4 heterocycles. The van der Waals surface area contributed by atoms with Crippen molar-refractivity contribution in [2.24, 2.45) is 17.8 Å². The second kappa shape index (κ2) is 10.5.